The van der Waals surface area contributed by atoms with E-state index < -0.39 is 6.10 Å². The fourth-order valence-corrected chi connectivity index (χ4v) is 2.92. The number of hydrogen-bond donors (Lipinski definition) is 1. The highest BCUT2D eigenvalue weighted by Crippen LogP contribution is 2.21. The van der Waals surface area contributed by atoms with Gasteiger partial charge in [0.1, 0.15) is 17.3 Å². The normalized spacial score (nSPS) is 12.0. The Morgan fingerprint density at radius 1 is 1.25 bits per heavy atom. The fraction of sp³-hybridized carbons (Fsp3) is 0.318. The van der Waals surface area contributed by atoms with E-state index in [1.165, 1.54) is 0 Å². The molecular formula is C22H23N3O3. The molecule has 0 saturated carbocycles. The smallest absolute Gasteiger partial charge is 0.261 e. The number of benzene rings is 2. The third-order valence-corrected chi connectivity index (χ3v) is 4.43. The average molecular weight is 377 g/mol. The Bertz CT molecular complexity index is 1020. The number of hydrogen-bond acceptors (Lipinski definition) is 5. The summed E-state index contributed by atoms with van der Waals surface area (Å²) < 4.78 is 11.6. The van der Waals surface area contributed by atoms with Crippen molar-refractivity contribution in [1.82, 2.24) is 10.3 Å². The van der Waals surface area contributed by atoms with Crippen molar-refractivity contribution in [3.05, 3.63) is 59.5 Å². The number of nitrogens with one attached hydrogen (secondary N) is 1. The van der Waals surface area contributed by atoms with Crippen molar-refractivity contribution in [2.24, 2.45) is 5.92 Å². The minimum Gasteiger partial charge on any atom is -0.479 e. The maximum absolute atomic E-state index is 12.6. The number of nitrogens with zero attached hydrogens (tertiary/aromatic N) is 2. The van der Waals surface area contributed by atoms with Gasteiger partial charge in [-0.2, -0.15) is 5.26 Å². The van der Waals surface area contributed by atoms with Gasteiger partial charge in [-0.15, -0.1) is 0 Å². The quantitative estimate of drug-likeness (QED) is 0.677. The molecule has 1 atom stereocenters. The van der Waals surface area contributed by atoms with Gasteiger partial charge in [0.15, 0.2) is 17.6 Å². The van der Waals surface area contributed by atoms with Crippen LogP contribution in [0.3, 0.4) is 0 Å². The Labute approximate surface area is 164 Å². The van der Waals surface area contributed by atoms with Gasteiger partial charge in [-0.1, -0.05) is 38.1 Å². The lowest BCUT2D eigenvalue weighted by Gasteiger charge is -2.22. The standard InChI is InChI=1S/C22H23N3O3/c1-14(2)21(28-17-9-5-4-8-16(17)13-23)22(26)24-12-11-19-25-20-15(3)7-6-10-18(20)27-19/h4-10,14,21H,11-12H2,1-3H3,(H,24,26)/t21-/m0/s1. The summed E-state index contributed by atoms with van der Waals surface area (Å²) >= 11 is 0. The van der Waals surface area contributed by atoms with Gasteiger partial charge in [-0.05, 0) is 36.6 Å². The highest BCUT2D eigenvalue weighted by molar-refractivity contribution is 5.81. The number of aryl methyl sites for hydroxylation is 1. The van der Waals surface area contributed by atoms with Gasteiger partial charge < -0.3 is 14.5 Å². The first-order chi connectivity index (χ1) is 13.5. The molecule has 1 aromatic heterocycles. The van der Waals surface area contributed by atoms with Crippen LogP contribution in [0.1, 0.15) is 30.9 Å². The van der Waals surface area contributed by atoms with E-state index in [1.807, 2.05) is 39.0 Å². The molecule has 3 aromatic rings. The van der Waals surface area contributed by atoms with E-state index in [9.17, 15) is 10.1 Å². The van der Waals surface area contributed by atoms with Crippen molar-refractivity contribution in [1.29, 1.82) is 5.26 Å². The van der Waals surface area contributed by atoms with Crippen LogP contribution < -0.4 is 10.1 Å². The van der Waals surface area contributed by atoms with Gasteiger partial charge in [0.25, 0.3) is 5.91 Å². The molecule has 144 valence electrons. The third-order valence-electron chi connectivity index (χ3n) is 4.43. The number of ether oxygens (including phenoxy) is 1. The number of fused-ring (bicyclic) bond motifs is 1. The summed E-state index contributed by atoms with van der Waals surface area (Å²) in [6, 6.07) is 14.8. The minimum absolute atomic E-state index is 0.0567. The van der Waals surface area contributed by atoms with E-state index in [-0.39, 0.29) is 11.8 Å². The Morgan fingerprint density at radius 2 is 2.04 bits per heavy atom. The van der Waals surface area contributed by atoms with Crippen LogP contribution in [0.25, 0.3) is 11.1 Å². The number of carbonyl (C=O) groups excluding carboxylic acids is 1. The molecule has 6 heteroatoms. The minimum atomic E-state index is -0.694. The molecule has 1 N–H and O–H groups in total. The van der Waals surface area contributed by atoms with E-state index >= 15 is 0 Å². The van der Waals surface area contributed by atoms with E-state index in [2.05, 4.69) is 16.4 Å². The first kappa shape index (κ1) is 19.4. The molecule has 0 aliphatic carbocycles. The van der Waals surface area contributed by atoms with E-state index in [0.29, 0.717) is 30.2 Å². The summed E-state index contributed by atoms with van der Waals surface area (Å²) in [6.07, 6.45) is -0.209. The summed E-state index contributed by atoms with van der Waals surface area (Å²) in [5, 5.41) is 12.1. The molecule has 1 amide bonds. The second-order valence-corrected chi connectivity index (χ2v) is 6.96. The Kier molecular flexibility index (Phi) is 5.95. The molecule has 0 radical (unpaired) electrons. The maximum atomic E-state index is 12.6. The van der Waals surface area contributed by atoms with Gasteiger partial charge in [-0.25, -0.2) is 4.98 Å². The number of rotatable bonds is 7. The molecule has 0 fully saturated rings. The topological polar surface area (TPSA) is 88.1 Å². The molecule has 0 aliphatic heterocycles. The second-order valence-electron chi connectivity index (χ2n) is 6.96. The molecule has 0 aliphatic rings. The molecule has 0 saturated heterocycles. The van der Waals surface area contributed by atoms with Crippen LogP contribution in [-0.4, -0.2) is 23.5 Å². The molecule has 3 rings (SSSR count). The summed E-state index contributed by atoms with van der Waals surface area (Å²) in [4.78, 5) is 17.1. The van der Waals surface area contributed by atoms with Crippen LogP contribution >= 0.6 is 0 Å². The van der Waals surface area contributed by atoms with Gasteiger partial charge >= 0.3 is 0 Å². The van der Waals surface area contributed by atoms with Gasteiger partial charge in [0, 0.05) is 13.0 Å². The van der Waals surface area contributed by atoms with Gasteiger partial charge in [0.2, 0.25) is 0 Å². The number of amides is 1. The molecule has 0 bridgehead atoms. The molecule has 1 heterocycles. The van der Waals surface area contributed by atoms with Crippen molar-refractivity contribution >= 4 is 17.0 Å². The zero-order valence-electron chi connectivity index (χ0n) is 16.2. The number of para-hydroxylation sites is 2. The van der Waals surface area contributed by atoms with Crippen LogP contribution in [0.4, 0.5) is 0 Å². The summed E-state index contributed by atoms with van der Waals surface area (Å²) in [7, 11) is 0. The van der Waals surface area contributed by atoms with Gasteiger partial charge in [-0.3, -0.25) is 4.79 Å². The lowest BCUT2D eigenvalue weighted by molar-refractivity contribution is -0.129. The van der Waals surface area contributed by atoms with E-state index in [4.69, 9.17) is 9.15 Å². The predicted octanol–water partition coefficient (Wildman–Crippen LogP) is 3.77. The van der Waals surface area contributed by atoms with Crippen molar-refractivity contribution in [2.45, 2.75) is 33.3 Å². The summed E-state index contributed by atoms with van der Waals surface area (Å²) in [6.45, 7) is 6.18. The zero-order valence-corrected chi connectivity index (χ0v) is 16.2. The fourth-order valence-electron chi connectivity index (χ4n) is 2.92. The van der Waals surface area contributed by atoms with Crippen LogP contribution in [0, 0.1) is 24.2 Å². The van der Waals surface area contributed by atoms with Crippen molar-refractivity contribution in [3.63, 3.8) is 0 Å². The molecule has 28 heavy (non-hydrogen) atoms. The largest absolute Gasteiger partial charge is 0.479 e. The first-order valence-corrected chi connectivity index (χ1v) is 9.28. The van der Waals surface area contributed by atoms with E-state index in [1.54, 1.807) is 24.3 Å². The third kappa shape index (κ3) is 4.32. The highest BCUT2D eigenvalue weighted by Gasteiger charge is 2.25. The zero-order chi connectivity index (χ0) is 20.1. The average Bonchev–Trinajstić information content (AvgIpc) is 3.10. The SMILES string of the molecule is Cc1cccc2oc(CCNC(=O)[C@@H](Oc3ccccc3C#N)C(C)C)nc12. The van der Waals surface area contributed by atoms with Crippen molar-refractivity contribution in [3.8, 4) is 11.8 Å². The summed E-state index contributed by atoms with van der Waals surface area (Å²) in [5.74, 6) is 0.712. The van der Waals surface area contributed by atoms with Crippen LogP contribution in [0.15, 0.2) is 46.9 Å². The Hall–Kier alpha value is -3.33. The van der Waals surface area contributed by atoms with Crippen LogP contribution in [0.5, 0.6) is 5.75 Å². The molecular weight excluding hydrogens is 354 g/mol. The maximum Gasteiger partial charge on any atom is 0.261 e. The highest BCUT2D eigenvalue weighted by atomic mass is 16.5. The van der Waals surface area contributed by atoms with Gasteiger partial charge in [0.05, 0.1) is 5.56 Å². The van der Waals surface area contributed by atoms with E-state index in [0.717, 1.165) is 16.7 Å². The number of aromatic nitrogens is 1. The Morgan fingerprint density at radius 3 is 2.75 bits per heavy atom. The van der Waals surface area contributed by atoms with Crippen molar-refractivity contribution < 1.29 is 13.9 Å². The second kappa shape index (κ2) is 8.57. The molecule has 2 aromatic carbocycles. The molecule has 6 nitrogen and oxygen atoms in total. The molecule has 0 unspecified atom stereocenters. The predicted molar refractivity (Wildman–Crippen MR) is 106 cm³/mol. The molecule has 0 spiro atoms. The first-order valence-electron chi connectivity index (χ1n) is 9.28. The van der Waals surface area contributed by atoms with Crippen molar-refractivity contribution in [2.75, 3.05) is 6.54 Å². The monoisotopic (exact) mass is 377 g/mol. The number of carbonyl (C=O) groups is 1. The lowest BCUT2D eigenvalue weighted by atomic mass is 10.1. The van der Waals surface area contributed by atoms with Crippen LogP contribution in [-0.2, 0) is 11.2 Å². The number of oxazole rings is 1. The Balaban J connectivity index is 1.62. The summed E-state index contributed by atoms with van der Waals surface area (Å²) in [5.41, 5.74) is 3.06. The van der Waals surface area contributed by atoms with Crippen LogP contribution in [0.2, 0.25) is 0 Å². The number of nitriles is 1. The lowest BCUT2D eigenvalue weighted by Crippen LogP contribution is -2.42.